The molecule has 3 unspecified atom stereocenters. The fourth-order valence-corrected chi connectivity index (χ4v) is 1.68. The second-order valence-corrected chi connectivity index (χ2v) is 3.99. The number of aliphatic hydroxyl groups is 1. The predicted octanol–water partition coefficient (Wildman–Crippen LogP) is 0.914. The van der Waals surface area contributed by atoms with Gasteiger partial charge in [0.2, 0.25) is 0 Å². The fraction of sp³-hybridized carbons (Fsp3) is 1.00. The average Bonchev–Trinajstić information content (AvgIpc) is 2.03. The fourth-order valence-electron chi connectivity index (χ4n) is 1.68. The van der Waals surface area contributed by atoms with Gasteiger partial charge in [-0.3, -0.25) is 0 Å². The standard InChI is InChI=1S/C10H21NO2/c1-8(12)3-5-11-10-4-6-13-9(2)7-10/h8-12H,3-7H2,1-2H3. The summed E-state index contributed by atoms with van der Waals surface area (Å²) >= 11 is 0. The van der Waals surface area contributed by atoms with Crippen molar-refractivity contribution in [3.05, 3.63) is 0 Å². The topological polar surface area (TPSA) is 41.5 Å². The smallest absolute Gasteiger partial charge is 0.0561 e. The number of hydrogen-bond acceptors (Lipinski definition) is 3. The molecule has 1 fully saturated rings. The van der Waals surface area contributed by atoms with Gasteiger partial charge in [0.25, 0.3) is 0 Å². The van der Waals surface area contributed by atoms with Gasteiger partial charge in [-0.2, -0.15) is 0 Å². The summed E-state index contributed by atoms with van der Waals surface area (Å²) in [5.41, 5.74) is 0. The normalized spacial score (nSPS) is 31.6. The molecule has 1 aliphatic heterocycles. The largest absolute Gasteiger partial charge is 0.393 e. The summed E-state index contributed by atoms with van der Waals surface area (Å²) in [5, 5.41) is 12.5. The quantitative estimate of drug-likeness (QED) is 0.687. The third-order valence-electron chi connectivity index (χ3n) is 2.48. The van der Waals surface area contributed by atoms with Gasteiger partial charge in [-0.1, -0.05) is 0 Å². The van der Waals surface area contributed by atoms with Crippen molar-refractivity contribution in [1.29, 1.82) is 0 Å². The minimum atomic E-state index is -0.190. The van der Waals surface area contributed by atoms with E-state index in [2.05, 4.69) is 12.2 Å². The highest BCUT2D eigenvalue weighted by Gasteiger charge is 2.18. The van der Waals surface area contributed by atoms with Crippen LogP contribution in [-0.2, 0) is 4.74 Å². The molecule has 3 atom stereocenters. The SMILES string of the molecule is CC(O)CCNC1CCOC(C)C1. The van der Waals surface area contributed by atoms with Crippen molar-refractivity contribution in [2.24, 2.45) is 0 Å². The molecule has 1 rings (SSSR count). The molecule has 0 aliphatic carbocycles. The summed E-state index contributed by atoms with van der Waals surface area (Å²) in [5.74, 6) is 0. The molecular weight excluding hydrogens is 166 g/mol. The Kier molecular flexibility index (Phi) is 4.70. The van der Waals surface area contributed by atoms with Crippen LogP contribution < -0.4 is 5.32 Å². The maximum atomic E-state index is 9.07. The van der Waals surface area contributed by atoms with Gasteiger partial charge in [-0.15, -0.1) is 0 Å². The van der Waals surface area contributed by atoms with Crippen molar-refractivity contribution >= 4 is 0 Å². The van der Waals surface area contributed by atoms with Crippen molar-refractivity contribution in [1.82, 2.24) is 5.32 Å². The van der Waals surface area contributed by atoms with E-state index in [4.69, 9.17) is 9.84 Å². The van der Waals surface area contributed by atoms with Crippen LogP contribution in [0.2, 0.25) is 0 Å². The Hall–Kier alpha value is -0.120. The lowest BCUT2D eigenvalue weighted by Crippen LogP contribution is -2.38. The van der Waals surface area contributed by atoms with Crippen molar-refractivity contribution in [2.75, 3.05) is 13.2 Å². The lowest BCUT2D eigenvalue weighted by molar-refractivity contribution is 0.0129. The molecule has 0 aromatic rings. The maximum Gasteiger partial charge on any atom is 0.0561 e. The molecule has 1 aliphatic rings. The molecular formula is C10H21NO2. The molecule has 1 heterocycles. The second kappa shape index (κ2) is 5.58. The predicted molar refractivity (Wildman–Crippen MR) is 52.7 cm³/mol. The van der Waals surface area contributed by atoms with E-state index >= 15 is 0 Å². The molecule has 0 spiro atoms. The molecule has 13 heavy (non-hydrogen) atoms. The Morgan fingerprint density at radius 3 is 3.00 bits per heavy atom. The summed E-state index contributed by atoms with van der Waals surface area (Å²) in [6.45, 7) is 5.72. The van der Waals surface area contributed by atoms with Crippen molar-refractivity contribution < 1.29 is 9.84 Å². The summed E-state index contributed by atoms with van der Waals surface area (Å²) in [6, 6.07) is 0.586. The highest BCUT2D eigenvalue weighted by Crippen LogP contribution is 2.12. The van der Waals surface area contributed by atoms with Gasteiger partial charge in [0.05, 0.1) is 12.2 Å². The van der Waals surface area contributed by atoms with Gasteiger partial charge in [0.1, 0.15) is 0 Å². The first kappa shape index (κ1) is 11.0. The minimum Gasteiger partial charge on any atom is -0.393 e. The number of rotatable bonds is 4. The molecule has 0 amide bonds. The van der Waals surface area contributed by atoms with E-state index in [0.717, 1.165) is 32.4 Å². The molecule has 0 aromatic heterocycles. The van der Waals surface area contributed by atoms with E-state index in [-0.39, 0.29) is 6.10 Å². The van der Waals surface area contributed by atoms with Crippen LogP contribution in [-0.4, -0.2) is 36.5 Å². The first-order valence-corrected chi connectivity index (χ1v) is 5.21. The van der Waals surface area contributed by atoms with E-state index in [1.54, 1.807) is 0 Å². The Labute approximate surface area is 80.5 Å². The Bertz CT molecular complexity index is 139. The summed E-state index contributed by atoms with van der Waals surface area (Å²) in [6.07, 6.45) is 3.23. The third kappa shape index (κ3) is 4.60. The first-order chi connectivity index (χ1) is 6.18. The second-order valence-electron chi connectivity index (χ2n) is 3.99. The van der Waals surface area contributed by atoms with Crippen molar-refractivity contribution in [3.63, 3.8) is 0 Å². The summed E-state index contributed by atoms with van der Waals surface area (Å²) < 4.78 is 5.45. The van der Waals surface area contributed by atoms with Gasteiger partial charge in [0.15, 0.2) is 0 Å². The Morgan fingerprint density at radius 2 is 2.38 bits per heavy atom. The lowest BCUT2D eigenvalue weighted by atomic mass is 10.0. The Morgan fingerprint density at radius 1 is 1.62 bits per heavy atom. The Balaban J connectivity index is 2.06. The van der Waals surface area contributed by atoms with Crippen LogP contribution in [0.5, 0.6) is 0 Å². The van der Waals surface area contributed by atoms with Crippen LogP contribution in [0, 0.1) is 0 Å². The zero-order valence-electron chi connectivity index (χ0n) is 8.62. The summed E-state index contributed by atoms with van der Waals surface area (Å²) in [4.78, 5) is 0. The minimum absolute atomic E-state index is 0.190. The van der Waals surface area contributed by atoms with Gasteiger partial charge in [0, 0.05) is 12.6 Å². The van der Waals surface area contributed by atoms with Crippen LogP contribution in [0.15, 0.2) is 0 Å². The number of nitrogens with one attached hydrogen (secondary N) is 1. The van der Waals surface area contributed by atoms with Crippen LogP contribution >= 0.6 is 0 Å². The molecule has 0 bridgehead atoms. The molecule has 3 heteroatoms. The van der Waals surface area contributed by atoms with E-state index in [9.17, 15) is 0 Å². The monoisotopic (exact) mass is 187 g/mol. The molecule has 0 saturated carbocycles. The number of ether oxygens (including phenoxy) is 1. The molecule has 78 valence electrons. The van der Waals surface area contributed by atoms with Crippen LogP contribution in [0.1, 0.15) is 33.1 Å². The van der Waals surface area contributed by atoms with Gasteiger partial charge < -0.3 is 15.2 Å². The van der Waals surface area contributed by atoms with Crippen LogP contribution in [0.4, 0.5) is 0 Å². The molecule has 3 nitrogen and oxygen atoms in total. The van der Waals surface area contributed by atoms with E-state index in [1.165, 1.54) is 0 Å². The lowest BCUT2D eigenvalue weighted by Gasteiger charge is -2.28. The molecule has 0 radical (unpaired) electrons. The molecule has 0 aromatic carbocycles. The van der Waals surface area contributed by atoms with Gasteiger partial charge in [-0.25, -0.2) is 0 Å². The zero-order valence-corrected chi connectivity index (χ0v) is 8.62. The molecule has 1 saturated heterocycles. The zero-order chi connectivity index (χ0) is 9.68. The van der Waals surface area contributed by atoms with E-state index in [1.807, 2.05) is 6.92 Å². The molecule has 2 N–H and O–H groups in total. The maximum absolute atomic E-state index is 9.07. The highest BCUT2D eigenvalue weighted by molar-refractivity contribution is 4.74. The van der Waals surface area contributed by atoms with Gasteiger partial charge >= 0.3 is 0 Å². The van der Waals surface area contributed by atoms with Crippen LogP contribution in [0.3, 0.4) is 0 Å². The van der Waals surface area contributed by atoms with Gasteiger partial charge in [-0.05, 0) is 39.7 Å². The van der Waals surface area contributed by atoms with Crippen LogP contribution in [0.25, 0.3) is 0 Å². The summed E-state index contributed by atoms with van der Waals surface area (Å²) in [7, 11) is 0. The number of hydrogen-bond donors (Lipinski definition) is 2. The number of aliphatic hydroxyl groups excluding tert-OH is 1. The van der Waals surface area contributed by atoms with Crippen molar-refractivity contribution in [2.45, 2.75) is 51.4 Å². The highest BCUT2D eigenvalue weighted by atomic mass is 16.5. The van der Waals surface area contributed by atoms with E-state index < -0.39 is 0 Å². The first-order valence-electron chi connectivity index (χ1n) is 5.21. The average molecular weight is 187 g/mol. The van der Waals surface area contributed by atoms with E-state index in [0.29, 0.717) is 12.1 Å². The third-order valence-corrected chi connectivity index (χ3v) is 2.48. The van der Waals surface area contributed by atoms with Crippen molar-refractivity contribution in [3.8, 4) is 0 Å².